The van der Waals surface area contributed by atoms with Gasteiger partial charge < -0.3 is 9.80 Å². The molecule has 100 valence electrons. The zero-order valence-electron chi connectivity index (χ0n) is 11.9. The summed E-state index contributed by atoms with van der Waals surface area (Å²) in [6, 6.07) is 0.0366. The maximum Gasteiger partial charge on any atom is 0.241 e. The normalized spacial score (nSPS) is 25.4. The highest BCUT2D eigenvalue weighted by Gasteiger charge is 2.39. The van der Waals surface area contributed by atoms with E-state index >= 15 is 0 Å². The van der Waals surface area contributed by atoms with E-state index in [1.165, 1.54) is 0 Å². The number of rotatable bonds is 6. The molecule has 2 atom stereocenters. The molecule has 4 nitrogen and oxygen atoms in total. The van der Waals surface area contributed by atoms with Crippen LogP contribution in [0.3, 0.4) is 0 Å². The molecule has 0 bridgehead atoms. The average molecular weight is 241 g/mol. The monoisotopic (exact) mass is 241 g/mol. The molecule has 1 N–H and O–H groups in total. The molecule has 0 aliphatic carbocycles. The predicted octanol–water partition coefficient (Wildman–Crippen LogP) is 1.13. The molecule has 1 amide bonds. The Morgan fingerprint density at radius 3 is 2.53 bits per heavy atom. The summed E-state index contributed by atoms with van der Waals surface area (Å²) in [7, 11) is 4.09. The minimum Gasteiger partial charge on any atom is -0.324 e. The van der Waals surface area contributed by atoms with Crippen LogP contribution in [0.5, 0.6) is 0 Å². The lowest BCUT2D eigenvalue weighted by Gasteiger charge is -2.28. The molecule has 1 rings (SSSR count). The summed E-state index contributed by atoms with van der Waals surface area (Å²) >= 11 is 0. The molecule has 0 radical (unpaired) electrons. The van der Waals surface area contributed by atoms with E-state index in [4.69, 9.17) is 0 Å². The Labute approximate surface area is 105 Å². The third-order valence-electron chi connectivity index (χ3n) is 3.29. The van der Waals surface area contributed by atoms with Crippen LogP contribution in [0.4, 0.5) is 0 Å². The Morgan fingerprint density at radius 2 is 2.06 bits per heavy atom. The van der Waals surface area contributed by atoms with Gasteiger partial charge in [0.1, 0.15) is 0 Å². The maximum absolute atomic E-state index is 12.3. The van der Waals surface area contributed by atoms with Crippen LogP contribution in [-0.4, -0.2) is 55.1 Å². The molecule has 1 aliphatic rings. The fraction of sp³-hybridized carbons (Fsp3) is 0.923. The molecule has 0 aromatic carbocycles. The molecular weight excluding hydrogens is 214 g/mol. The van der Waals surface area contributed by atoms with Gasteiger partial charge in [-0.15, -0.1) is 0 Å². The smallest absolute Gasteiger partial charge is 0.241 e. The average Bonchev–Trinajstić information content (AvgIpc) is 2.54. The van der Waals surface area contributed by atoms with Crippen molar-refractivity contribution in [1.82, 2.24) is 15.1 Å². The Kier molecular flexibility index (Phi) is 5.40. The van der Waals surface area contributed by atoms with Gasteiger partial charge in [0.25, 0.3) is 0 Å². The molecule has 2 unspecified atom stereocenters. The highest BCUT2D eigenvalue weighted by atomic mass is 16.2. The Bertz CT molecular complexity index is 253. The van der Waals surface area contributed by atoms with Gasteiger partial charge in [0.2, 0.25) is 5.91 Å². The number of hydrogen-bond acceptors (Lipinski definition) is 3. The highest BCUT2D eigenvalue weighted by Crippen LogP contribution is 2.19. The van der Waals surface area contributed by atoms with Gasteiger partial charge in [-0.05, 0) is 26.4 Å². The van der Waals surface area contributed by atoms with Crippen molar-refractivity contribution in [3.63, 3.8) is 0 Å². The van der Waals surface area contributed by atoms with E-state index < -0.39 is 0 Å². The fourth-order valence-corrected chi connectivity index (χ4v) is 2.31. The zero-order chi connectivity index (χ0) is 13.0. The standard InChI is InChI=1S/C13H27N3O/c1-6-7-11-13(17)16(9-8-15(4)5)12(14-11)10(2)3/h10-12,14H,6-9H2,1-5H3. The van der Waals surface area contributed by atoms with Gasteiger partial charge in [-0.2, -0.15) is 0 Å². The quantitative estimate of drug-likeness (QED) is 0.757. The molecule has 4 heteroatoms. The van der Waals surface area contributed by atoms with Crippen LogP contribution < -0.4 is 5.32 Å². The number of nitrogens with one attached hydrogen (secondary N) is 1. The van der Waals surface area contributed by atoms with Crippen LogP contribution >= 0.6 is 0 Å². The second-order valence-electron chi connectivity index (χ2n) is 5.53. The van der Waals surface area contributed by atoms with Crippen molar-refractivity contribution in [2.24, 2.45) is 5.92 Å². The molecule has 0 saturated carbocycles. The van der Waals surface area contributed by atoms with Crippen LogP contribution in [0.2, 0.25) is 0 Å². The van der Waals surface area contributed by atoms with Crippen molar-refractivity contribution in [2.45, 2.75) is 45.8 Å². The summed E-state index contributed by atoms with van der Waals surface area (Å²) in [5, 5.41) is 3.47. The van der Waals surface area contributed by atoms with E-state index in [1.54, 1.807) is 0 Å². The summed E-state index contributed by atoms with van der Waals surface area (Å²) < 4.78 is 0. The predicted molar refractivity (Wildman–Crippen MR) is 70.7 cm³/mol. The molecule has 1 fully saturated rings. The largest absolute Gasteiger partial charge is 0.324 e. The van der Waals surface area contributed by atoms with Gasteiger partial charge in [-0.3, -0.25) is 10.1 Å². The molecule has 17 heavy (non-hydrogen) atoms. The molecule has 0 aromatic rings. The minimum atomic E-state index is 0.0366. The Hall–Kier alpha value is -0.610. The van der Waals surface area contributed by atoms with E-state index in [0.29, 0.717) is 5.92 Å². The first-order valence-corrected chi connectivity index (χ1v) is 6.68. The van der Waals surface area contributed by atoms with Crippen LogP contribution in [0.1, 0.15) is 33.6 Å². The third-order valence-corrected chi connectivity index (χ3v) is 3.29. The van der Waals surface area contributed by atoms with Crippen LogP contribution in [0, 0.1) is 5.92 Å². The highest BCUT2D eigenvalue weighted by molar-refractivity contribution is 5.84. The number of carbonyl (C=O) groups excluding carboxylic acids is 1. The first-order chi connectivity index (χ1) is 7.97. The lowest BCUT2D eigenvalue weighted by Crippen LogP contribution is -2.44. The fourth-order valence-electron chi connectivity index (χ4n) is 2.31. The number of likely N-dealkylation sites (N-methyl/N-ethyl adjacent to an activating group) is 1. The summed E-state index contributed by atoms with van der Waals surface area (Å²) in [6.45, 7) is 8.21. The molecular formula is C13H27N3O. The maximum atomic E-state index is 12.3. The van der Waals surface area contributed by atoms with Gasteiger partial charge in [-0.1, -0.05) is 27.2 Å². The summed E-state index contributed by atoms with van der Waals surface area (Å²) in [6.07, 6.45) is 2.20. The van der Waals surface area contributed by atoms with Gasteiger partial charge in [0.05, 0.1) is 12.2 Å². The lowest BCUT2D eigenvalue weighted by atomic mass is 10.1. The van der Waals surface area contributed by atoms with Crippen LogP contribution in [0.15, 0.2) is 0 Å². The first kappa shape index (κ1) is 14.5. The SMILES string of the molecule is CCCC1NC(C(C)C)N(CCN(C)C)C1=O. The Balaban J connectivity index is 2.65. The molecule has 1 heterocycles. The third kappa shape index (κ3) is 3.68. The van der Waals surface area contributed by atoms with E-state index in [0.717, 1.165) is 25.9 Å². The van der Waals surface area contributed by atoms with Crippen molar-refractivity contribution in [3.8, 4) is 0 Å². The van der Waals surface area contributed by atoms with Crippen LogP contribution in [0.25, 0.3) is 0 Å². The molecule has 1 aliphatic heterocycles. The summed E-state index contributed by atoms with van der Waals surface area (Å²) in [5.74, 6) is 0.746. The van der Waals surface area contributed by atoms with E-state index in [1.807, 2.05) is 19.0 Å². The number of hydrogen-bond donors (Lipinski definition) is 1. The minimum absolute atomic E-state index is 0.0366. The molecule has 1 saturated heterocycles. The van der Waals surface area contributed by atoms with Crippen molar-refractivity contribution in [1.29, 1.82) is 0 Å². The summed E-state index contributed by atoms with van der Waals surface area (Å²) in [5.41, 5.74) is 0. The first-order valence-electron chi connectivity index (χ1n) is 6.68. The number of amides is 1. The van der Waals surface area contributed by atoms with Gasteiger partial charge in [0.15, 0.2) is 0 Å². The van der Waals surface area contributed by atoms with Crippen molar-refractivity contribution >= 4 is 5.91 Å². The van der Waals surface area contributed by atoms with Crippen molar-refractivity contribution in [3.05, 3.63) is 0 Å². The van der Waals surface area contributed by atoms with Gasteiger partial charge in [0, 0.05) is 13.1 Å². The molecule has 0 spiro atoms. The topological polar surface area (TPSA) is 35.6 Å². The van der Waals surface area contributed by atoms with Crippen LogP contribution in [-0.2, 0) is 4.79 Å². The number of nitrogens with zero attached hydrogens (tertiary/aromatic N) is 2. The van der Waals surface area contributed by atoms with Crippen molar-refractivity contribution < 1.29 is 4.79 Å². The van der Waals surface area contributed by atoms with E-state index in [-0.39, 0.29) is 18.1 Å². The van der Waals surface area contributed by atoms with Gasteiger partial charge >= 0.3 is 0 Å². The Morgan fingerprint density at radius 1 is 1.41 bits per heavy atom. The second kappa shape index (κ2) is 6.36. The van der Waals surface area contributed by atoms with Crippen molar-refractivity contribution in [2.75, 3.05) is 27.2 Å². The summed E-state index contributed by atoms with van der Waals surface area (Å²) in [4.78, 5) is 16.4. The molecule has 0 aromatic heterocycles. The van der Waals surface area contributed by atoms with Gasteiger partial charge in [-0.25, -0.2) is 0 Å². The number of carbonyl (C=O) groups is 1. The second-order valence-corrected chi connectivity index (χ2v) is 5.53. The lowest BCUT2D eigenvalue weighted by molar-refractivity contribution is -0.130. The zero-order valence-corrected chi connectivity index (χ0v) is 11.9. The van der Waals surface area contributed by atoms with E-state index in [2.05, 4.69) is 31.0 Å². The van der Waals surface area contributed by atoms with E-state index in [9.17, 15) is 4.79 Å².